The Kier molecular flexibility index (Phi) is 4.92. The number of ether oxygens (including phenoxy) is 2. The highest BCUT2D eigenvalue weighted by Gasteiger charge is 2.37. The Labute approximate surface area is 190 Å². The number of carbonyl (C=O) groups is 3. The average molecular weight is 446 g/mol. The van der Waals surface area contributed by atoms with Crippen molar-refractivity contribution in [3.63, 3.8) is 0 Å². The van der Waals surface area contributed by atoms with E-state index in [9.17, 15) is 14.4 Å². The molecule has 0 unspecified atom stereocenters. The molecule has 2 aliphatic rings. The minimum absolute atomic E-state index is 0.0397. The number of carbonyl (C=O) groups excluding carboxylic acids is 3. The molecule has 0 atom stereocenters. The fourth-order valence-corrected chi connectivity index (χ4v) is 3.99. The van der Waals surface area contributed by atoms with Crippen LogP contribution < -0.4 is 14.8 Å². The Bertz CT molecular complexity index is 1260. The van der Waals surface area contributed by atoms with Gasteiger partial charge in [0.05, 0.1) is 29.5 Å². The summed E-state index contributed by atoms with van der Waals surface area (Å²) in [7, 11) is 0. The van der Waals surface area contributed by atoms with Crippen molar-refractivity contribution in [2.24, 2.45) is 0 Å². The monoisotopic (exact) mass is 446 g/mol. The van der Waals surface area contributed by atoms with Crippen molar-refractivity contribution >= 4 is 17.7 Å². The van der Waals surface area contributed by atoms with Gasteiger partial charge >= 0.3 is 0 Å². The molecule has 0 saturated heterocycles. The summed E-state index contributed by atoms with van der Waals surface area (Å²) < 4.78 is 16.5. The summed E-state index contributed by atoms with van der Waals surface area (Å²) >= 11 is 0. The molecule has 0 aliphatic carbocycles. The van der Waals surface area contributed by atoms with Crippen LogP contribution in [0.2, 0.25) is 0 Å². The van der Waals surface area contributed by atoms with Crippen LogP contribution >= 0.6 is 0 Å². The van der Waals surface area contributed by atoms with Gasteiger partial charge in [0.25, 0.3) is 17.7 Å². The number of benzene rings is 2. The van der Waals surface area contributed by atoms with Gasteiger partial charge in [0.1, 0.15) is 19.0 Å². The lowest BCUT2D eigenvalue weighted by Crippen LogP contribution is -2.41. The lowest BCUT2D eigenvalue weighted by molar-refractivity contribution is 0.0631. The molecule has 5 rings (SSSR count). The van der Waals surface area contributed by atoms with Gasteiger partial charge in [0, 0.05) is 5.56 Å². The van der Waals surface area contributed by atoms with Crippen molar-refractivity contribution in [3.8, 4) is 11.5 Å². The highest BCUT2D eigenvalue weighted by atomic mass is 16.6. The van der Waals surface area contributed by atoms with Gasteiger partial charge in [-0.1, -0.05) is 6.07 Å². The van der Waals surface area contributed by atoms with Crippen molar-refractivity contribution in [1.29, 1.82) is 0 Å². The number of amides is 3. The Morgan fingerprint density at radius 1 is 0.970 bits per heavy atom. The minimum atomic E-state index is -0.725. The van der Waals surface area contributed by atoms with Gasteiger partial charge in [-0.05, 0) is 61.9 Å². The fourth-order valence-electron chi connectivity index (χ4n) is 3.99. The first-order valence-corrected chi connectivity index (χ1v) is 10.6. The van der Waals surface area contributed by atoms with E-state index in [4.69, 9.17) is 13.9 Å². The first-order valence-electron chi connectivity index (χ1n) is 10.6. The van der Waals surface area contributed by atoms with Crippen LogP contribution in [0.4, 0.5) is 0 Å². The van der Waals surface area contributed by atoms with Crippen LogP contribution in [0.5, 0.6) is 11.5 Å². The lowest BCUT2D eigenvalue weighted by atomic mass is 9.93. The number of nitrogens with one attached hydrogen (secondary N) is 1. The summed E-state index contributed by atoms with van der Waals surface area (Å²) in [4.78, 5) is 39.7. The highest BCUT2D eigenvalue weighted by molar-refractivity contribution is 6.22. The van der Waals surface area contributed by atoms with Crippen LogP contribution in [-0.2, 0) is 12.1 Å². The molecule has 168 valence electrons. The number of fused-ring (bicyclic) bond motifs is 2. The van der Waals surface area contributed by atoms with E-state index < -0.39 is 17.4 Å². The third-order valence-electron chi connectivity index (χ3n) is 5.82. The van der Waals surface area contributed by atoms with E-state index in [1.807, 2.05) is 32.0 Å². The number of rotatable bonds is 5. The van der Waals surface area contributed by atoms with Crippen LogP contribution in [0.15, 0.2) is 59.2 Å². The normalized spacial score (nSPS) is 14.9. The number of hydrogen-bond acceptors (Lipinski definition) is 6. The summed E-state index contributed by atoms with van der Waals surface area (Å²) in [5, 5.41) is 3.00. The van der Waals surface area contributed by atoms with E-state index in [0.717, 1.165) is 10.5 Å². The maximum Gasteiger partial charge on any atom is 0.261 e. The average Bonchev–Trinajstić information content (AvgIpc) is 3.41. The van der Waals surface area contributed by atoms with Crippen molar-refractivity contribution in [1.82, 2.24) is 10.2 Å². The molecule has 0 fully saturated rings. The molecular weight excluding hydrogens is 424 g/mol. The largest absolute Gasteiger partial charge is 0.486 e. The second-order valence-corrected chi connectivity index (χ2v) is 8.47. The van der Waals surface area contributed by atoms with E-state index in [1.165, 1.54) is 18.4 Å². The first-order chi connectivity index (χ1) is 15.8. The summed E-state index contributed by atoms with van der Waals surface area (Å²) in [6.45, 7) is 4.78. The van der Waals surface area contributed by atoms with Gasteiger partial charge in [0.15, 0.2) is 11.5 Å². The maximum absolute atomic E-state index is 13.1. The second-order valence-electron chi connectivity index (χ2n) is 8.47. The molecule has 1 N–H and O–H groups in total. The van der Waals surface area contributed by atoms with Gasteiger partial charge in [-0.15, -0.1) is 0 Å². The van der Waals surface area contributed by atoms with Crippen molar-refractivity contribution in [2.45, 2.75) is 25.9 Å². The van der Waals surface area contributed by atoms with Gasteiger partial charge in [-0.25, -0.2) is 0 Å². The van der Waals surface area contributed by atoms with E-state index in [2.05, 4.69) is 5.32 Å². The molecule has 0 radical (unpaired) electrons. The Morgan fingerprint density at radius 2 is 1.73 bits per heavy atom. The van der Waals surface area contributed by atoms with Crippen LogP contribution in [0.3, 0.4) is 0 Å². The molecule has 0 saturated carbocycles. The smallest absolute Gasteiger partial charge is 0.261 e. The van der Waals surface area contributed by atoms with Crippen LogP contribution in [0, 0.1) is 0 Å². The van der Waals surface area contributed by atoms with E-state index in [1.54, 1.807) is 18.2 Å². The SMILES string of the molecule is CC(C)(NC(=O)c1ccc2c(c1)C(=O)N(Cc1ccco1)C2=O)c1ccc2c(c1)OCCO2. The summed E-state index contributed by atoms with van der Waals surface area (Å²) in [6.07, 6.45) is 1.49. The topological polar surface area (TPSA) is 98.1 Å². The quantitative estimate of drug-likeness (QED) is 0.603. The molecule has 3 amide bonds. The zero-order chi connectivity index (χ0) is 23.2. The number of furan rings is 1. The zero-order valence-electron chi connectivity index (χ0n) is 18.2. The highest BCUT2D eigenvalue weighted by Crippen LogP contribution is 2.34. The van der Waals surface area contributed by atoms with Gasteiger partial charge in [-0.3, -0.25) is 19.3 Å². The molecule has 2 aromatic carbocycles. The van der Waals surface area contributed by atoms with Gasteiger partial charge in [-0.2, -0.15) is 0 Å². The molecular formula is C25H22N2O6. The third-order valence-corrected chi connectivity index (χ3v) is 5.82. The molecule has 8 heteroatoms. The summed E-state index contributed by atoms with van der Waals surface area (Å²) in [5.41, 5.74) is 0.889. The van der Waals surface area contributed by atoms with Crippen molar-refractivity contribution in [2.75, 3.05) is 13.2 Å². The Hall–Kier alpha value is -4.07. The maximum atomic E-state index is 13.1. The van der Waals surface area contributed by atoms with Crippen LogP contribution in [0.1, 0.15) is 56.2 Å². The van der Waals surface area contributed by atoms with Crippen molar-refractivity contribution in [3.05, 3.63) is 82.8 Å². The molecule has 3 heterocycles. The second kappa shape index (κ2) is 7.81. The molecule has 0 spiro atoms. The molecule has 0 bridgehead atoms. The van der Waals surface area contributed by atoms with Crippen LogP contribution in [-0.4, -0.2) is 35.8 Å². The zero-order valence-corrected chi connectivity index (χ0v) is 18.2. The summed E-state index contributed by atoms with van der Waals surface area (Å²) in [5.74, 6) is 0.598. The standard InChI is InChI=1S/C25H22N2O6/c1-25(2,16-6-8-20-21(13-16)33-11-10-32-20)26-22(28)15-5-7-18-19(12-15)24(30)27(23(18)29)14-17-4-3-9-31-17/h3-9,12-13H,10-11,14H2,1-2H3,(H,26,28). The molecule has 2 aliphatic heterocycles. The summed E-state index contributed by atoms with van der Waals surface area (Å²) in [6, 6.07) is 13.5. The van der Waals surface area contributed by atoms with E-state index >= 15 is 0 Å². The predicted octanol–water partition coefficient (Wildman–Crippen LogP) is 3.51. The van der Waals surface area contributed by atoms with Gasteiger partial charge < -0.3 is 19.2 Å². The minimum Gasteiger partial charge on any atom is -0.486 e. The van der Waals surface area contributed by atoms with Crippen molar-refractivity contribution < 1.29 is 28.3 Å². The van der Waals surface area contributed by atoms with E-state index in [0.29, 0.717) is 36.0 Å². The Balaban J connectivity index is 1.36. The number of hydrogen-bond donors (Lipinski definition) is 1. The van der Waals surface area contributed by atoms with Crippen LogP contribution in [0.25, 0.3) is 0 Å². The third kappa shape index (κ3) is 3.73. The lowest BCUT2D eigenvalue weighted by Gasteiger charge is -2.29. The van der Waals surface area contributed by atoms with Gasteiger partial charge in [0.2, 0.25) is 0 Å². The molecule has 33 heavy (non-hydrogen) atoms. The Morgan fingerprint density at radius 3 is 2.48 bits per heavy atom. The van der Waals surface area contributed by atoms with E-state index in [-0.39, 0.29) is 23.6 Å². The molecule has 3 aromatic rings. The molecule has 1 aromatic heterocycles. The number of nitrogens with zero attached hydrogens (tertiary/aromatic N) is 1. The predicted molar refractivity (Wildman–Crippen MR) is 117 cm³/mol. The number of imide groups is 1. The molecule has 8 nitrogen and oxygen atoms in total. The fraction of sp³-hybridized carbons (Fsp3) is 0.240. The first kappa shape index (κ1) is 20.8.